The molecule has 0 saturated heterocycles. The molecule has 0 spiro atoms. The van der Waals surface area contributed by atoms with Crippen molar-refractivity contribution in [3.05, 3.63) is 24.3 Å². The van der Waals surface area contributed by atoms with Gasteiger partial charge in [-0.3, -0.25) is 4.57 Å². The summed E-state index contributed by atoms with van der Waals surface area (Å²) in [7, 11) is 0.968. The number of allylic oxidation sites excluding steroid dienone is 4. The Morgan fingerprint density at radius 2 is 1.13 bits per heavy atom. The molecule has 0 fully saturated rings. The molecule has 5 nitrogen and oxygen atoms in total. The van der Waals surface area contributed by atoms with E-state index in [0.717, 1.165) is 32.1 Å². The van der Waals surface area contributed by atoms with Crippen molar-refractivity contribution in [1.82, 2.24) is 0 Å². The molecule has 3 N–H and O–H groups in total. The van der Waals surface area contributed by atoms with E-state index in [1.807, 2.05) is 21.1 Å². The van der Waals surface area contributed by atoms with E-state index >= 15 is 0 Å². The third-order valence-electron chi connectivity index (χ3n) is 5.51. The highest BCUT2D eigenvalue weighted by Crippen LogP contribution is 2.52. The third kappa shape index (κ3) is 17.7. The number of quaternary nitrogens is 1. The zero-order chi connectivity index (χ0) is 23.6. The van der Waals surface area contributed by atoms with Crippen molar-refractivity contribution in [3.8, 4) is 0 Å². The van der Waals surface area contributed by atoms with Gasteiger partial charge >= 0.3 is 7.60 Å². The topological polar surface area (TPSA) is 77.8 Å². The van der Waals surface area contributed by atoms with Gasteiger partial charge in [0.05, 0.1) is 21.1 Å². The molecule has 1 atom stereocenters. The molecular formula is C25H51NO4P+. The molecule has 0 aliphatic carbocycles. The van der Waals surface area contributed by atoms with Crippen LogP contribution in [0.25, 0.3) is 0 Å². The van der Waals surface area contributed by atoms with E-state index in [-0.39, 0.29) is 13.0 Å². The van der Waals surface area contributed by atoms with Gasteiger partial charge < -0.3 is 19.4 Å². The summed E-state index contributed by atoms with van der Waals surface area (Å²) in [5, 5.41) is 8.62. The van der Waals surface area contributed by atoms with Gasteiger partial charge in [-0.05, 0) is 44.9 Å². The number of unbranched alkanes of at least 4 members (excludes halogenated alkanes) is 11. The average Bonchev–Trinajstić information content (AvgIpc) is 2.65. The van der Waals surface area contributed by atoms with Gasteiger partial charge in [-0.1, -0.05) is 82.6 Å². The Bertz CT molecular complexity index is 536. The Balaban J connectivity index is 3.66. The van der Waals surface area contributed by atoms with Crippen LogP contribution in [0, 0.1) is 0 Å². The average molecular weight is 461 g/mol. The zero-order valence-electron chi connectivity index (χ0n) is 20.8. The van der Waals surface area contributed by atoms with Gasteiger partial charge in [-0.15, -0.1) is 0 Å². The summed E-state index contributed by atoms with van der Waals surface area (Å²) < 4.78 is 12.1. The molecule has 0 bridgehead atoms. The second-order valence-corrected chi connectivity index (χ2v) is 11.9. The number of hydrogen-bond acceptors (Lipinski definition) is 2. The minimum atomic E-state index is -4.54. The maximum absolute atomic E-state index is 11.8. The van der Waals surface area contributed by atoms with Crippen LogP contribution >= 0.6 is 7.60 Å². The van der Waals surface area contributed by atoms with Crippen molar-refractivity contribution in [2.75, 3.05) is 27.7 Å². The standard InChI is InChI=1S/C25H50NO4P/c1-5-6-7-8-9-10-11-12-13-14-15-16-17-18-19-20-21-22-23-25(27,31(28,29)30)24-26(2,3)4/h7-8,11-12,27H,5-6,9-10,13-24H2,1-4H3,(H-,28,29,30)/p+1/b8-7-,12-11-. The summed E-state index contributed by atoms with van der Waals surface area (Å²) in [5.41, 5.74) is 0. The lowest BCUT2D eigenvalue weighted by Gasteiger charge is -2.35. The van der Waals surface area contributed by atoms with E-state index in [0.29, 0.717) is 10.9 Å². The van der Waals surface area contributed by atoms with Gasteiger partial charge in [-0.25, -0.2) is 0 Å². The maximum atomic E-state index is 11.8. The first kappa shape index (κ1) is 30.6. The first-order chi connectivity index (χ1) is 14.5. The molecular weight excluding hydrogens is 409 g/mol. The summed E-state index contributed by atoms with van der Waals surface area (Å²) in [6, 6.07) is 0. The van der Waals surface area contributed by atoms with Crippen molar-refractivity contribution in [1.29, 1.82) is 0 Å². The monoisotopic (exact) mass is 460 g/mol. The van der Waals surface area contributed by atoms with Crippen LogP contribution in [0.5, 0.6) is 0 Å². The Morgan fingerprint density at radius 1 is 0.710 bits per heavy atom. The van der Waals surface area contributed by atoms with Crippen molar-refractivity contribution in [2.24, 2.45) is 0 Å². The molecule has 0 aromatic heterocycles. The summed E-state index contributed by atoms with van der Waals surface area (Å²) in [4.78, 5) is 19.2. The highest BCUT2D eigenvalue weighted by Gasteiger charge is 2.48. The lowest BCUT2D eigenvalue weighted by molar-refractivity contribution is -0.875. The van der Waals surface area contributed by atoms with Crippen LogP contribution in [0.4, 0.5) is 0 Å². The fraction of sp³-hybridized carbons (Fsp3) is 0.840. The molecule has 0 aromatic carbocycles. The molecule has 0 aliphatic heterocycles. The van der Waals surface area contributed by atoms with Gasteiger partial charge in [0, 0.05) is 0 Å². The van der Waals surface area contributed by atoms with Crippen LogP contribution in [0.2, 0.25) is 0 Å². The lowest BCUT2D eigenvalue weighted by Crippen LogP contribution is -2.49. The number of nitrogens with zero attached hydrogens (tertiary/aromatic N) is 1. The molecule has 0 aromatic rings. The molecule has 184 valence electrons. The number of aliphatic hydroxyl groups is 1. The molecule has 0 aliphatic rings. The summed E-state index contributed by atoms with van der Waals surface area (Å²) in [6.45, 7) is 2.26. The molecule has 0 radical (unpaired) electrons. The van der Waals surface area contributed by atoms with Gasteiger partial charge in [0.1, 0.15) is 6.54 Å². The number of rotatable bonds is 20. The van der Waals surface area contributed by atoms with Crippen molar-refractivity contribution >= 4 is 7.60 Å². The summed E-state index contributed by atoms with van der Waals surface area (Å²) in [6.07, 6.45) is 25.4. The van der Waals surface area contributed by atoms with Crippen molar-refractivity contribution < 1.29 is 23.9 Å². The van der Waals surface area contributed by atoms with Gasteiger partial charge in [0.15, 0.2) is 0 Å². The van der Waals surface area contributed by atoms with Crippen LogP contribution in [0.3, 0.4) is 0 Å². The third-order valence-corrected chi connectivity index (χ3v) is 6.96. The van der Waals surface area contributed by atoms with Crippen LogP contribution < -0.4 is 0 Å². The van der Waals surface area contributed by atoms with Crippen LogP contribution in [0.1, 0.15) is 103 Å². The fourth-order valence-electron chi connectivity index (χ4n) is 3.81. The first-order valence-corrected chi connectivity index (χ1v) is 14.0. The Hall–Kier alpha value is -0.450. The quantitative estimate of drug-likeness (QED) is 0.0834. The predicted molar refractivity (Wildman–Crippen MR) is 133 cm³/mol. The Morgan fingerprint density at radius 3 is 1.58 bits per heavy atom. The second kappa shape index (κ2) is 17.1. The fourth-order valence-corrected chi connectivity index (χ4v) is 4.87. The van der Waals surface area contributed by atoms with Crippen molar-refractivity contribution in [2.45, 2.75) is 109 Å². The lowest BCUT2D eigenvalue weighted by atomic mass is 10.0. The molecule has 6 heteroatoms. The molecule has 1 unspecified atom stereocenters. The molecule has 31 heavy (non-hydrogen) atoms. The smallest absolute Gasteiger partial charge is 0.362 e. The zero-order valence-corrected chi connectivity index (χ0v) is 21.7. The summed E-state index contributed by atoms with van der Waals surface area (Å²) >= 11 is 0. The Labute approximate surface area is 192 Å². The number of hydrogen-bond donors (Lipinski definition) is 3. The van der Waals surface area contributed by atoms with E-state index in [1.54, 1.807) is 0 Å². The van der Waals surface area contributed by atoms with E-state index in [4.69, 9.17) is 0 Å². The maximum Gasteiger partial charge on any atom is 0.362 e. The minimum absolute atomic E-state index is 0.0580. The highest BCUT2D eigenvalue weighted by molar-refractivity contribution is 7.53. The largest absolute Gasteiger partial charge is 0.373 e. The van der Waals surface area contributed by atoms with E-state index in [1.165, 1.54) is 51.4 Å². The number of likely N-dealkylation sites (N-methyl/N-ethyl adjacent to an activating group) is 1. The van der Waals surface area contributed by atoms with E-state index in [2.05, 4.69) is 31.2 Å². The minimum Gasteiger partial charge on any atom is -0.373 e. The summed E-state index contributed by atoms with van der Waals surface area (Å²) in [5.74, 6) is 0. The molecule has 0 amide bonds. The second-order valence-electron chi connectivity index (χ2n) is 10.0. The van der Waals surface area contributed by atoms with E-state index in [9.17, 15) is 19.5 Å². The van der Waals surface area contributed by atoms with Gasteiger partial charge in [0.2, 0.25) is 5.34 Å². The predicted octanol–water partition coefficient (Wildman–Crippen LogP) is 6.54. The van der Waals surface area contributed by atoms with Gasteiger partial charge in [-0.2, -0.15) is 0 Å². The van der Waals surface area contributed by atoms with Crippen LogP contribution in [-0.4, -0.2) is 52.4 Å². The first-order valence-electron chi connectivity index (χ1n) is 12.4. The van der Waals surface area contributed by atoms with Crippen LogP contribution in [0.15, 0.2) is 24.3 Å². The van der Waals surface area contributed by atoms with Crippen LogP contribution in [-0.2, 0) is 4.57 Å². The normalized spacial score (nSPS) is 15.2. The molecule has 0 rings (SSSR count). The molecule has 0 saturated carbocycles. The van der Waals surface area contributed by atoms with E-state index < -0.39 is 12.9 Å². The highest BCUT2D eigenvalue weighted by atomic mass is 31.2. The Kier molecular flexibility index (Phi) is 16.8. The van der Waals surface area contributed by atoms with Gasteiger partial charge in [0.25, 0.3) is 0 Å². The SMILES string of the molecule is CCC/C=C\CC/C=C\CCCCCCCCCCCC(O)(C[N+](C)(C)C)P(=O)(O)O. The van der Waals surface area contributed by atoms with Crippen molar-refractivity contribution in [3.63, 3.8) is 0 Å². The molecule has 0 heterocycles.